The summed E-state index contributed by atoms with van der Waals surface area (Å²) in [5, 5.41) is 3.31. The number of nitrogens with one attached hydrogen (secondary N) is 1. The lowest BCUT2D eigenvalue weighted by molar-refractivity contribution is -0.148. The monoisotopic (exact) mass is 387 g/mol. The number of ether oxygens (including phenoxy) is 1. The predicted molar refractivity (Wildman–Crippen MR) is 109 cm³/mol. The fraction of sp³-hybridized carbons (Fsp3) is 0.833. The van der Waals surface area contributed by atoms with Gasteiger partial charge in [-0.25, -0.2) is 0 Å². The summed E-state index contributed by atoms with van der Waals surface area (Å²) in [4.78, 5) is 23.2. The van der Waals surface area contributed by atoms with Gasteiger partial charge in [0.1, 0.15) is 6.10 Å². The van der Waals surface area contributed by atoms with E-state index >= 15 is 0 Å². The van der Waals surface area contributed by atoms with Crippen molar-refractivity contribution >= 4 is 11.9 Å². The molecule has 28 heavy (non-hydrogen) atoms. The zero-order chi connectivity index (χ0) is 20.3. The van der Waals surface area contributed by atoms with E-state index in [9.17, 15) is 9.59 Å². The highest BCUT2D eigenvalue weighted by atomic mass is 16.5. The maximum Gasteiger partial charge on any atom is 0.302 e. The molecule has 1 amide bonds. The van der Waals surface area contributed by atoms with Crippen LogP contribution < -0.4 is 5.32 Å². The molecule has 0 radical (unpaired) electrons. The van der Waals surface area contributed by atoms with Crippen molar-refractivity contribution in [1.82, 2.24) is 5.32 Å². The molecule has 0 saturated heterocycles. The molecule has 0 spiro atoms. The number of hydrogen-bond donors (Lipinski definition) is 1. The molecular weight excluding hydrogens is 350 g/mol. The molecule has 0 bridgehead atoms. The Kier molecular flexibility index (Phi) is 4.91. The van der Waals surface area contributed by atoms with E-state index in [1.807, 2.05) is 0 Å². The molecule has 4 nitrogen and oxygen atoms in total. The summed E-state index contributed by atoms with van der Waals surface area (Å²) in [5.41, 5.74) is 2.03. The van der Waals surface area contributed by atoms with Crippen LogP contribution in [0, 0.1) is 34.5 Å². The first-order valence-electron chi connectivity index (χ1n) is 11.3. The van der Waals surface area contributed by atoms with Gasteiger partial charge < -0.3 is 10.1 Å². The number of carbonyl (C=O) groups is 2. The average Bonchev–Trinajstić information content (AvgIpc) is 2.85. The molecule has 3 saturated carbocycles. The van der Waals surface area contributed by atoms with Crippen molar-refractivity contribution in [2.45, 2.75) is 91.7 Å². The summed E-state index contributed by atoms with van der Waals surface area (Å²) >= 11 is 0. The number of fused-ring (bicyclic) bond motifs is 5. The highest BCUT2D eigenvalue weighted by Gasteiger charge is 2.60. The molecule has 4 heteroatoms. The number of hydrogen-bond acceptors (Lipinski definition) is 3. The third-order valence-electron chi connectivity index (χ3n) is 9.09. The summed E-state index contributed by atoms with van der Waals surface area (Å²) in [6.45, 7) is 10.4. The Hall–Kier alpha value is -1.32. The van der Waals surface area contributed by atoms with E-state index < -0.39 is 0 Å². The highest BCUT2D eigenvalue weighted by molar-refractivity contribution is 5.73. The predicted octanol–water partition coefficient (Wildman–Crippen LogP) is 4.63. The van der Waals surface area contributed by atoms with E-state index in [-0.39, 0.29) is 28.8 Å². The second kappa shape index (κ2) is 6.88. The molecular formula is C24H37NO3. The first-order valence-corrected chi connectivity index (χ1v) is 11.3. The first-order chi connectivity index (χ1) is 13.1. The van der Waals surface area contributed by atoms with Gasteiger partial charge in [-0.3, -0.25) is 9.59 Å². The quantitative estimate of drug-likeness (QED) is 0.555. The van der Waals surface area contributed by atoms with Crippen LogP contribution in [0.5, 0.6) is 0 Å². The van der Waals surface area contributed by atoms with Gasteiger partial charge in [0.2, 0.25) is 5.91 Å². The Bertz CT molecular complexity index is 700. The summed E-state index contributed by atoms with van der Waals surface area (Å²) in [6, 6.07) is 0.314. The maximum atomic E-state index is 11.8. The molecule has 0 aliphatic heterocycles. The minimum absolute atomic E-state index is 0.0675. The number of carbonyl (C=O) groups excluding carboxylic acids is 2. The van der Waals surface area contributed by atoms with Gasteiger partial charge in [-0.2, -0.15) is 0 Å². The molecule has 4 aliphatic carbocycles. The molecule has 4 rings (SSSR count). The molecule has 8 atom stereocenters. The standard InChI is InChI=1S/C24H37NO3/c1-14-12-21-19-7-6-17-13-18(28-16(3)27)8-10-23(17,4)20(19)9-11-24(21,5)22(14)25-15(2)26/h6,14,18-22H,7-13H2,1-5H3,(H,25,26)/t14-,18-,19+,20-,21+,22-,23+,24+/m1/s1. The smallest absolute Gasteiger partial charge is 0.302 e. The zero-order valence-electron chi connectivity index (χ0n) is 18.2. The maximum absolute atomic E-state index is 11.8. The van der Waals surface area contributed by atoms with E-state index in [0.29, 0.717) is 17.9 Å². The topological polar surface area (TPSA) is 55.4 Å². The molecule has 0 unspecified atom stereocenters. The van der Waals surface area contributed by atoms with Gasteiger partial charge in [0.15, 0.2) is 0 Å². The largest absolute Gasteiger partial charge is 0.462 e. The van der Waals surface area contributed by atoms with Crippen LogP contribution in [0.15, 0.2) is 11.6 Å². The van der Waals surface area contributed by atoms with Crippen LogP contribution in [0.3, 0.4) is 0 Å². The van der Waals surface area contributed by atoms with Gasteiger partial charge in [-0.05, 0) is 73.0 Å². The molecule has 156 valence electrons. The fourth-order valence-electron chi connectivity index (χ4n) is 7.85. The minimum atomic E-state index is -0.153. The Morgan fingerprint density at radius 1 is 1.14 bits per heavy atom. The van der Waals surface area contributed by atoms with Crippen molar-refractivity contribution in [3.05, 3.63) is 11.6 Å². The second-order valence-corrected chi connectivity index (χ2v) is 10.7. The van der Waals surface area contributed by atoms with Crippen molar-refractivity contribution in [2.75, 3.05) is 0 Å². The zero-order valence-corrected chi connectivity index (χ0v) is 18.2. The van der Waals surface area contributed by atoms with E-state index in [1.165, 1.54) is 26.2 Å². The fourth-order valence-corrected chi connectivity index (χ4v) is 7.85. The van der Waals surface area contributed by atoms with E-state index in [4.69, 9.17) is 4.74 Å². The third kappa shape index (κ3) is 3.02. The van der Waals surface area contributed by atoms with Gasteiger partial charge in [0.25, 0.3) is 0 Å². The molecule has 0 aromatic rings. The van der Waals surface area contributed by atoms with Crippen LogP contribution in [0.2, 0.25) is 0 Å². The van der Waals surface area contributed by atoms with Crippen LogP contribution in [0.25, 0.3) is 0 Å². The van der Waals surface area contributed by atoms with Crippen LogP contribution in [-0.4, -0.2) is 24.0 Å². The van der Waals surface area contributed by atoms with E-state index in [2.05, 4.69) is 32.2 Å². The number of rotatable bonds is 2. The Morgan fingerprint density at radius 2 is 1.89 bits per heavy atom. The van der Waals surface area contributed by atoms with Crippen LogP contribution in [0.4, 0.5) is 0 Å². The van der Waals surface area contributed by atoms with Crippen LogP contribution in [0.1, 0.15) is 79.6 Å². The lowest BCUT2D eigenvalue weighted by Gasteiger charge is -2.58. The number of amides is 1. The molecule has 4 aliphatic rings. The molecule has 3 fully saturated rings. The number of esters is 1. The van der Waals surface area contributed by atoms with Crippen molar-refractivity contribution in [3.63, 3.8) is 0 Å². The average molecular weight is 388 g/mol. The second-order valence-electron chi connectivity index (χ2n) is 10.7. The third-order valence-corrected chi connectivity index (χ3v) is 9.09. The van der Waals surface area contributed by atoms with Crippen LogP contribution >= 0.6 is 0 Å². The van der Waals surface area contributed by atoms with Gasteiger partial charge in [0, 0.05) is 26.3 Å². The summed E-state index contributed by atoms with van der Waals surface area (Å²) < 4.78 is 5.55. The minimum Gasteiger partial charge on any atom is -0.462 e. The van der Waals surface area contributed by atoms with Crippen molar-refractivity contribution in [2.24, 2.45) is 34.5 Å². The Morgan fingerprint density at radius 3 is 2.57 bits per heavy atom. The summed E-state index contributed by atoms with van der Waals surface area (Å²) in [7, 11) is 0. The van der Waals surface area contributed by atoms with Crippen molar-refractivity contribution < 1.29 is 14.3 Å². The SMILES string of the molecule is CC(=O)N[C@@H]1[C@H](C)C[C@H]2[C@H]3CC=C4C[C@H](OC(C)=O)CC[C@]4(C)[C@@H]3CC[C@]12C. The van der Waals surface area contributed by atoms with Gasteiger partial charge in [-0.15, -0.1) is 0 Å². The highest BCUT2D eigenvalue weighted by Crippen LogP contribution is 2.65. The molecule has 1 N–H and O–H groups in total. The van der Waals surface area contributed by atoms with Crippen molar-refractivity contribution in [3.8, 4) is 0 Å². The molecule has 0 aromatic carbocycles. The molecule has 0 aromatic heterocycles. The van der Waals surface area contributed by atoms with E-state index in [1.54, 1.807) is 12.5 Å². The normalized spacial score (nSPS) is 47.2. The van der Waals surface area contributed by atoms with Gasteiger partial charge in [0.05, 0.1) is 0 Å². The van der Waals surface area contributed by atoms with Crippen molar-refractivity contribution in [1.29, 1.82) is 0 Å². The Labute approximate surface area is 169 Å². The summed E-state index contributed by atoms with van der Waals surface area (Å²) in [5.74, 6) is 2.66. The van der Waals surface area contributed by atoms with E-state index in [0.717, 1.165) is 37.5 Å². The Balaban J connectivity index is 1.58. The first kappa shape index (κ1) is 20.0. The van der Waals surface area contributed by atoms with Crippen LogP contribution in [-0.2, 0) is 14.3 Å². The molecule has 0 heterocycles. The summed E-state index contributed by atoms with van der Waals surface area (Å²) in [6.07, 6.45) is 10.5. The van der Waals surface area contributed by atoms with Gasteiger partial charge >= 0.3 is 5.97 Å². The lowest BCUT2D eigenvalue weighted by atomic mass is 9.48. The number of allylic oxidation sites excluding steroid dienone is 1. The lowest BCUT2D eigenvalue weighted by Crippen LogP contribution is -2.54. The van der Waals surface area contributed by atoms with Gasteiger partial charge in [-0.1, -0.05) is 32.4 Å².